The zero-order valence-electron chi connectivity index (χ0n) is 18.6. The average molecular weight is 458 g/mol. The molecule has 2 unspecified atom stereocenters. The smallest absolute Gasteiger partial charge is 0.334 e. The molecule has 0 saturated carbocycles. The summed E-state index contributed by atoms with van der Waals surface area (Å²) in [6.45, 7) is 2.22. The average Bonchev–Trinajstić information content (AvgIpc) is 3.05. The van der Waals surface area contributed by atoms with Gasteiger partial charge in [0.1, 0.15) is 11.8 Å². The molecule has 1 aliphatic heterocycles. The lowest BCUT2D eigenvalue weighted by molar-refractivity contribution is -0.124. The number of carbonyl (C=O) groups excluding carboxylic acids is 2. The van der Waals surface area contributed by atoms with Crippen molar-refractivity contribution in [2.75, 3.05) is 18.6 Å². The number of urea groups is 1. The van der Waals surface area contributed by atoms with Crippen molar-refractivity contribution in [2.45, 2.75) is 51.4 Å². The van der Waals surface area contributed by atoms with E-state index in [1.165, 1.54) is 4.90 Å². The first-order chi connectivity index (χ1) is 15.5. The third-order valence-electron chi connectivity index (χ3n) is 5.64. The Labute approximate surface area is 191 Å². The maximum Gasteiger partial charge on any atom is 0.334 e. The van der Waals surface area contributed by atoms with E-state index in [4.69, 9.17) is 9.47 Å². The predicted molar refractivity (Wildman–Crippen MR) is 126 cm³/mol. The lowest BCUT2D eigenvalue weighted by atomic mass is 10.0. The van der Waals surface area contributed by atoms with Crippen LogP contribution in [0.3, 0.4) is 0 Å². The van der Waals surface area contributed by atoms with Crippen LogP contribution in [0, 0.1) is 0 Å². The number of nitrogens with zero attached hydrogens (tertiary/aromatic N) is 2. The van der Waals surface area contributed by atoms with Crippen molar-refractivity contribution in [1.82, 2.24) is 4.67 Å². The molecule has 32 heavy (non-hydrogen) atoms. The van der Waals surface area contributed by atoms with E-state index >= 15 is 0 Å². The van der Waals surface area contributed by atoms with Gasteiger partial charge in [-0.15, -0.1) is 0 Å². The highest BCUT2D eigenvalue weighted by Gasteiger charge is 2.43. The minimum atomic E-state index is -0.905. The number of ether oxygens (including phenoxy) is 2. The first-order valence-corrected chi connectivity index (χ1v) is 11.4. The Morgan fingerprint density at radius 3 is 2.34 bits per heavy atom. The van der Waals surface area contributed by atoms with Crippen molar-refractivity contribution in [1.29, 1.82) is 0 Å². The Hall–Kier alpha value is -2.47. The molecule has 3 amide bonds. The number of rotatable bonds is 11. The fraction of sp³-hybridized carbons (Fsp3) is 0.417. The van der Waals surface area contributed by atoms with Crippen molar-refractivity contribution >= 4 is 27.0 Å². The molecule has 1 N–H and O–H groups in total. The van der Waals surface area contributed by atoms with Crippen LogP contribution in [0.4, 0.5) is 10.5 Å². The summed E-state index contributed by atoms with van der Waals surface area (Å²) in [6.07, 6.45) is 4.12. The molecule has 2 aromatic carbocycles. The summed E-state index contributed by atoms with van der Waals surface area (Å²) in [4.78, 5) is 25.9. The van der Waals surface area contributed by atoms with Crippen LogP contribution in [-0.2, 0) is 16.1 Å². The number of aliphatic hydroxyl groups is 1. The summed E-state index contributed by atoms with van der Waals surface area (Å²) < 4.78 is 12.4. The van der Waals surface area contributed by atoms with Crippen molar-refractivity contribution in [2.24, 2.45) is 0 Å². The Morgan fingerprint density at radius 2 is 1.75 bits per heavy atom. The number of imide groups is 1. The number of methoxy groups -OCH3 is 1. The largest absolute Gasteiger partial charge is 0.497 e. The second-order valence-corrected chi connectivity index (χ2v) is 8.31. The standard InChI is InChI=1S/C24H31N2O5P/c1-3-4-5-6-22(31-16-17-7-13-20(30-2)14-8-17)18-9-11-19(12-10-18)25-21(15-27)23(28)26(32)24(25)29/h7-14,21-22,27H,3-6,15-16,32H2,1-2H3/t21-,22?/m0/s1. The zero-order chi connectivity index (χ0) is 23.1. The highest BCUT2D eigenvalue weighted by molar-refractivity contribution is 7.16. The fourth-order valence-electron chi connectivity index (χ4n) is 3.76. The molecule has 172 valence electrons. The summed E-state index contributed by atoms with van der Waals surface area (Å²) >= 11 is 0. The maximum atomic E-state index is 12.4. The molecular weight excluding hydrogens is 427 g/mol. The summed E-state index contributed by atoms with van der Waals surface area (Å²) in [5.41, 5.74) is 2.65. The lowest BCUT2D eigenvalue weighted by Gasteiger charge is -2.22. The third kappa shape index (κ3) is 5.47. The molecule has 0 radical (unpaired) electrons. The van der Waals surface area contributed by atoms with Crippen LogP contribution in [-0.4, -0.2) is 41.5 Å². The topological polar surface area (TPSA) is 79.3 Å². The maximum absolute atomic E-state index is 12.4. The van der Waals surface area contributed by atoms with Crippen molar-refractivity contribution in [3.63, 3.8) is 0 Å². The van der Waals surface area contributed by atoms with E-state index in [9.17, 15) is 14.7 Å². The van der Waals surface area contributed by atoms with E-state index in [-0.39, 0.29) is 6.10 Å². The Morgan fingerprint density at radius 1 is 1.06 bits per heavy atom. The molecule has 1 aliphatic rings. The zero-order valence-corrected chi connectivity index (χ0v) is 19.7. The monoisotopic (exact) mass is 458 g/mol. The van der Waals surface area contributed by atoms with Crippen molar-refractivity contribution < 1.29 is 24.2 Å². The van der Waals surface area contributed by atoms with Gasteiger partial charge in [-0.2, -0.15) is 0 Å². The summed E-state index contributed by atoms with van der Waals surface area (Å²) in [7, 11) is 3.76. The van der Waals surface area contributed by atoms with Crippen LogP contribution in [0.2, 0.25) is 0 Å². The van der Waals surface area contributed by atoms with Gasteiger partial charge in [0.2, 0.25) is 0 Å². The highest BCUT2D eigenvalue weighted by atomic mass is 31.0. The lowest BCUT2D eigenvalue weighted by Crippen LogP contribution is -2.37. The van der Waals surface area contributed by atoms with Gasteiger partial charge in [-0.05, 0) is 51.2 Å². The minimum absolute atomic E-state index is 0.0829. The second kappa shape index (κ2) is 11.4. The van der Waals surface area contributed by atoms with E-state index in [0.717, 1.165) is 47.2 Å². The first kappa shape index (κ1) is 24.2. The van der Waals surface area contributed by atoms with Gasteiger partial charge in [0, 0.05) is 5.69 Å². The quantitative estimate of drug-likeness (QED) is 0.306. The molecule has 1 heterocycles. The van der Waals surface area contributed by atoms with E-state index in [2.05, 4.69) is 16.3 Å². The van der Waals surface area contributed by atoms with E-state index < -0.39 is 24.6 Å². The molecule has 8 heteroatoms. The van der Waals surface area contributed by atoms with Crippen LogP contribution >= 0.6 is 9.39 Å². The fourth-order valence-corrected chi connectivity index (χ4v) is 4.06. The number of hydrogen-bond donors (Lipinski definition) is 1. The molecule has 1 saturated heterocycles. The van der Waals surface area contributed by atoms with Crippen LogP contribution in [0.25, 0.3) is 0 Å². The summed E-state index contributed by atoms with van der Waals surface area (Å²) in [5.74, 6) is 0.371. The van der Waals surface area contributed by atoms with E-state index in [0.29, 0.717) is 12.3 Å². The summed E-state index contributed by atoms with van der Waals surface area (Å²) in [6, 6.07) is 13.9. The van der Waals surface area contributed by atoms with Crippen LogP contribution < -0.4 is 9.64 Å². The van der Waals surface area contributed by atoms with Gasteiger partial charge >= 0.3 is 6.03 Å². The molecule has 0 bridgehead atoms. The van der Waals surface area contributed by atoms with Crippen LogP contribution in [0.1, 0.15) is 49.8 Å². The van der Waals surface area contributed by atoms with Crippen molar-refractivity contribution in [3.05, 3.63) is 59.7 Å². The number of anilines is 1. The molecule has 3 rings (SSSR count). The number of amides is 3. The number of aliphatic hydroxyl groups excluding tert-OH is 1. The van der Waals surface area contributed by atoms with Gasteiger partial charge in [-0.3, -0.25) is 9.69 Å². The molecule has 1 fully saturated rings. The minimum Gasteiger partial charge on any atom is -0.497 e. The number of hydrogen-bond acceptors (Lipinski definition) is 5. The van der Waals surface area contributed by atoms with Gasteiger partial charge in [-0.1, -0.05) is 50.5 Å². The Bertz CT molecular complexity index is 904. The molecule has 0 aliphatic carbocycles. The molecule has 2 aromatic rings. The van der Waals surface area contributed by atoms with Crippen LogP contribution in [0.5, 0.6) is 5.75 Å². The number of unbranched alkanes of at least 4 members (excludes halogenated alkanes) is 2. The van der Waals surface area contributed by atoms with Gasteiger partial charge in [0.15, 0.2) is 0 Å². The first-order valence-electron chi connectivity index (χ1n) is 10.9. The molecule has 0 aromatic heterocycles. The predicted octanol–water partition coefficient (Wildman–Crippen LogP) is 4.45. The second-order valence-electron chi connectivity index (χ2n) is 7.79. The van der Waals surface area contributed by atoms with Crippen molar-refractivity contribution in [3.8, 4) is 5.75 Å². The van der Waals surface area contributed by atoms with Gasteiger partial charge in [-0.25, -0.2) is 9.46 Å². The van der Waals surface area contributed by atoms with E-state index in [1.54, 1.807) is 19.2 Å². The molecule has 7 nitrogen and oxygen atoms in total. The number of benzene rings is 2. The molecule has 0 spiro atoms. The summed E-state index contributed by atoms with van der Waals surface area (Å²) in [5, 5.41) is 9.60. The van der Waals surface area contributed by atoms with Gasteiger partial charge in [0.25, 0.3) is 5.91 Å². The van der Waals surface area contributed by atoms with Crippen LogP contribution in [0.15, 0.2) is 48.5 Å². The molecular formula is C24H31N2O5P. The molecule has 3 atom stereocenters. The van der Waals surface area contributed by atoms with E-state index in [1.807, 2.05) is 36.4 Å². The Kier molecular flexibility index (Phi) is 8.62. The van der Waals surface area contributed by atoms with Gasteiger partial charge < -0.3 is 14.6 Å². The normalized spacial score (nSPS) is 17.2. The Balaban J connectivity index is 1.74. The number of carbonyl (C=O) groups is 2. The third-order valence-corrected chi connectivity index (χ3v) is 6.12. The van der Waals surface area contributed by atoms with Gasteiger partial charge in [0.05, 0.1) is 26.4 Å². The highest BCUT2D eigenvalue weighted by Crippen LogP contribution is 2.31. The SMILES string of the molecule is CCCCCC(OCc1ccc(OC)cc1)c1ccc(N2C(=O)N(P)C(=O)[C@@H]2CO)cc1.